The van der Waals surface area contributed by atoms with E-state index in [0.29, 0.717) is 5.75 Å². The number of ether oxygens (including phenoxy) is 1. The first-order valence-corrected chi connectivity index (χ1v) is 4.90. The molecule has 0 saturated heterocycles. The molecule has 0 aliphatic rings. The van der Waals surface area contributed by atoms with Crippen molar-refractivity contribution >= 4 is 21.8 Å². The Morgan fingerprint density at radius 2 is 2.00 bits per heavy atom. The van der Waals surface area contributed by atoms with Gasteiger partial charge in [-0.2, -0.15) is 0 Å². The molecular formula is C9H10BrNO2. The molecule has 0 fully saturated rings. The van der Waals surface area contributed by atoms with Crippen LogP contribution in [0.25, 0.3) is 0 Å². The van der Waals surface area contributed by atoms with Gasteiger partial charge in [-0.05, 0) is 17.7 Å². The fourth-order valence-electron chi connectivity index (χ4n) is 0.829. The van der Waals surface area contributed by atoms with Gasteiger partial charge in [0.25, 0.3) is 5.91 Å². The predicted molar refractivity (Wildman–Crippen MR) is 53.8 cm³/mol. The lowest BCUT2D eigenvalue weighted by atomic mass is 10.2. The van der Waals surface area contributed by atoms with Crippen LogP contribution in [0.15, 0.2) is 24.3 Å². The van der Waals surface area contributed by atoms with Gasteiger partial charge in [0.15, 0.2) is 6.61 Å². The molecule has 13 heavy (non-hydrogen) atoms. The summed E-state index contributed by atoms with van der Waals surface area (Å²) in [4.78, 5) is 10.4. The third kappa shape index (κ3) is 3.46. The number of primary amides is 1. The van der Waals surface area contributed by atoms with Gasteiger partial charge in [0.05, 0.1) is 0 Å². The summed E-state index contributed by atoms with van der Waals surface area (Å²) in [6, 6.07) is 7.45. The maximum atomic E-state index is 10.4. The van der Waals surface area contributed by atoms with Gasteiger partial charge in [0.2, 0.25) is 0 Å². The minimum Gasteiger partial charge on any atom is -0.484 e. The fourth-order valence-corrected chi connectivity index (χ4v) is 1.20. The van der Waals surface area contributed by atoms with Crippen LogP contribution >= 0.6 is 15.9 Å². The number of nitrogens with two attached hydrogens (primary N) is 1. The summed E-state index contributed by atoms with van der Waals surface area (Å²) in [5.41, 5.74) is 6.08. The van der Waals surface area contributed by atoms with Crippen molar-refractivity contribution in [2.24, 2.45) is 5.73 Å². The smallest absolute Gasteiger partial charge is 0.255 e. The maximum Gasteiger partial charge on any atom is 0.255 e. The number of rotatable bonds is 4. The molecule has 0 atom stereocenters. The highest BCUT2D eigenvalue weighted by Crippen LogP contribution is 2.13. The Hall–Kier alpha value is -1.03. The second-order valence-electron chi connectivity index (χ2n) is 2.53. The lowest BCUT2D eigenvalue weighted by molar-refractivity contribution is -0.119. The van der Waals surface area contributed by atoms with E-state index in [1.807, 2.05) is 12.1 Å². The van der Waals surface area contributed by atoms with Gasteiger partial charge in [-0.1, -0.05) is 28.1 Å². The normalized spacial score (nSPS) is 9.62. The molecule has 4 heteroatoms. The Morgan fingerprint density at radius 3 is 2.46 bits per heavy atom. The van der Waals surface area contributed by atoms with Crippen molar-refractivity contribution in [2.45, 2.75) is 5.33 Å². The third-order valence-corrected chi connectivity index (χ3v) is 2.11. The molecule has 0 bridgehead atoms. The van der Waals surface area contributed by atoms with Gasteiger partial charge in [0, 0.05) is 5.33 Å². The number of alkyl halides is 1. The topological polar surface area (TPSA) is 52.3 Å². The van der Waals surface area contributed by atoms with Crippen molar-refractivity contribution in [3.8, 4) is 5.75 Å². The monoisotopic (exact) mass is 243 g/mol. The zero-order chi connectivity index (χ0) is 9.68. The number of hydrogen-bond donors (Lipinski definition) is 1. The van der Waals surface area contributed by atoms with Crippen molar-refractivity contribution in [2.75, 3.05) is 6.61 Å². The van der Waals surface area contributed by atoms with E-state index < -0.39 is 5.91 Å². The molecule has 0 spiro atoms. The Labute approximate surface area is 85.0 Å². The Bertz CT molecular complexity index is 284. The number of benzene rings is 1. The number of carbonyl (C=O) groups excluding carboxylic acids is 1. The van der Waals surface area contributed by atoms with E-state index in [-0.39, 0.29) is 6.61 Å². The van der Waals surface area contributed by atoms with E-state index in [0.717, 1.165) is 10.9 Å². The highest BCUT2D eigenvalue weighted by Gasteiger charge is 1.96. The molecule has 1 amide bonds. The van der Waals surface area contributed by atoms with Crippen LogP contribution in [0.5, 0.6) is 5.75 Å². The molecule has 0 aliphatic heterocycles. The number of amides is 1. The number of carbonyl (C=O) groups is 1. The second-order valence-corrected chi connectivity index (χ2v) is 3.09. The zero-order valence-corrected chi connectivity index (χ0v) is 8.58. The van der Waals surface area contributed by atoms with Crippen LogP contribution in [0.3, 0.4) is 0 Å². The molecule has 3 nitrogen and oxygen atoms in total. The molecule has 0 aromatic heterocycles. The van der Waals surface area contributed by atoms with Gasteiger partial charge < -0.3 is 10.5 Å². The minimum absolute atomic E-state index is 0.0757. The summed E-state index contributed by atoms with van der Waals surface area (Å²) >= 11 is 3.33. The van der Waals surface area contributed by atoms with Gasteiger partial charge in [-0.3, -0.25) is 4.79 Å². The largest absolute Gasteiger partial charge is 0.484 e. The summed E-state index contributed by atoms with van der Waals surface area (Å²) in [5.74, 6) is 0.188. The summed E-state index contributed by atoms with van der Waals surface area (Å²) in [7, 11) is 0. The first-order valence-electron chi connectivity index (χ1n) is 3.78. The van der Waals surface area contributed by atoms with Crippen LogP contribution < -0.4 is 10.5 Å². The molecular weight excluding hydrogens is 234 g/mol. The first-order chi connectivity index (χ1) is 6.22. The Balaban J connectivity index is 2.54. The van der Waals surface area contributed by atoms with Crippen LogP contribution in [0.1, 0.15) is 5.56 Å². The average Bonchev–Trinajstić information content (AvgIpc) is 2.15. The first kappa shape index (κ1) is 10.1. The zero-order valence-electron chi connectivity index (χ0n) is 7.00. The standard InChI is InChI=1S/C9H10BrNO2/c10-5-7-1-3-8(4-2-7)13-6-9(11)12/h1-4H,5-6H2,(H2,11,12). The molecule has 1 aromatic carbocycles. The second kappa shape index (κ2) is 4.87. The third-order valence-electron chi connectivity index (χ3n) is 1.46. The summed E-state index contributed by atoms with van der Waals surface area (Å²) in [6.07, 6.45) is 0. The van der Waals surface area contributed by atoms with E-state index in [1.165, 1.54) is 0 Å². The average molecular weight is 244 g/mol. The molecule has 2 N–H and O–H groups in total. The Kier molecular flexibility index (Phi) is 3.76. The highest BCUT2D eigenvalue weighted by molar-refractivity contribution is 9.08. The fraction of sp³-hybridized carbons (Fsp3) is 0.222. The molecule has 1 rings (SSSR count). The van der Waals surface area contributed by atoms with E-state index in [4.69, 9.17) is 10.5 Å². The van der Waals surface area contributed by atoms with Gasteiger partial charge in [-0.25, -0.2) is 0 Å². The van der Waals surface area contributed by atoms with Gasteiger partial charge in [0.1, 0.15) is 5.75 Å². The number of halogens is 1. The number of hydrogen-bond acceptors (Lipinski definition) is 2. The molecule has 0 saturated carbocycles. The minimum atomic E-state index is -0.468. The van der Waals surface area contributed by atoms with Crippen LogP contribution in [0, 0.1) is 0 Å². The van der Waals surface area contributed by atoms with Crippen molar-refractivity contribution in [3.63, 3.8) is 0 Å². The van der Waals surface area contributed by atoms with E-state index >= 15 is 0 Å². The SMILES string of the molecule is NC(=O)COc1ccc(CBr)cc1. The van der Waals surface area contributed by atoms with Crippen LogP contribution in [0.2, 0.25) is 0 Å². The highest BCUT2D eigenvalue weighted by atomic mass is 79.9. The summed E-state index contributed by atoms with van der Waals surface area (Å²) in [5, 5.41) is 0.809. The van der Waals surface area contributed by atoms with Crippen LogP contribution in [0.4, 0.5) is 0 Å². The van der Waals surface area contributed by atoms with Crippen LogP contribution in [-0.2, 0) is 10.1 Å². The predicted octanol–water partition coefficient (Wildman–Crippen LogP) is 1.45. The van der Waals surface area contributed by atoms with Crippen molar-refractivity contribution in [3.05, 3.63) is 29.8 Å². The summed E-state index contributed by atoms with van der Waals surface area (Å²) in [6.45, 7) is -0.0757. The van der Waals surface area contributed by atoms with Crippen LogP contribution in [-0.4, -0.2) is 12.5 Å². The molecule has 1 aromatic rings. The van der Waals surface area contributed by atoms with E-state index in [1.54, 1.807) is 12.1 Å². The molecule has 0 unspecified atom stereocenters. The van der Waals surface area contributed by atoms with Crippen molar-refractivity contribution in [1.29, 1.82) is 0 Å². The summed E-state index contributed by atoms with van der Waals surface area (Å²) < 4.78 is 5.08. The van der Waals surface area contributed by atoms with E-state index in [9.17, 15) is 4.79 Å². The van der Waals surface area contributed by atoms with Gasteiger partial charge >= 0.3 is 0 Å². The maximum absolute atomic E-state index is 10.4. The van der Waals surface area contributed by atoms with E-state index in [2.05, 4.69) is 15.9 Å². The Morgan fingerprint density at radius 1 is 1.38 bits per heavy atom. The quantitative estimate of drug-likeness (QED) is 0.815. The molecule has 0 radical (unpaired) electrons. The van der Waals surface area contributed by atoms with Crippen molar-refractivity contribution < 1.29 is 9.53 Å². The molecule has 0 heterocycles. The lowest BCUT2D eigenvalue weighted by Crippen LogP contribution is -2.19. The van der Waals surface area contributed by atoms with Crippen molar-refractivity contribution in [1.82, 2.24) is 0 Å². The lowest BCUT2D eigenvalue weighted by Gasteiger charge is -2.03. The van der Waals surface area contributed by atoms with Gasteiger partial charge in [-0.15, -0.1) is 0 Å². The molecule has 70 valence electrons. The molecule has 0 aliphatic carbocycles.